The summed E-state index contributed by atoms with van der Waals surface area (Å²) in [6.07, 6.45) is 20.3. The molecule has 248 valence electrons. The van der Waals surface area contributed by atoms with E-state index in [9.17, 15) is 14.4 Å². The molecule has 42 heavy (non-hydrogen) atoms. The summed E-state index contributed by atoms with van der Waals surface area (Å²) in [5.74, 6) is 1.02. The van der Waals surface area contributed by atoms with Gasteiger partial charge in [-0.25, -0.2) is 0 Å². The first kappa shape index (κ1) is 40.4. The fraction of sp³-hybridized carbons (Fsp3) is 0.914. The van der Waals surface area contributed by atoms with Gasteiger partial charge in [-0.1, -0.05) is 119 Å². The highest BCUT2D eigenvalue weighted by Crippen LogP contribution is 2.14. The summed E-state index contributed by atoms with van der Waals surface area (Å²) < 4.78 is 0. The van der Waals surface area contributed by atoms with E-state index in [1.807, 2.05) is 11.8 Å². The number of nitrogens with two attached hydrogens (primary N) is 1. The number of hydrogen-bond donors (Lipinski definition) is 3. The SMILES string of the molecule is CCCCCCCCCCCCCCCC(=O)N(CCCNC(=O)[C@@H](C)CC(C)C)CCCNC(=O)[C@@H](N)CC(C)C. The van der Waals surface area contributed by atoms with E-state index < -0.39 is 6.04 Å². The van der Waals surface area contributed by atoms with E-state index in [0.717, 1.165) is 25.7 Å². The molecule has 0 fully saturated rings. The van der Waals surface area contributed by atoms with Crippen LogP contribution >= 0.6 is 0 Å². The molecule has 7 nitrogen and oxygen atoms in total. The first-order valence-corrected chi connectivity index (χ1v) is 17.7. The maximum atomic E-state index is 13.1. The van der Waals surface area contributed by atoms with Crippen LogP contribution < -0.4 is 16.4 Å². The van der Waals surface area contributed by atoms with E-state index in [4.69, 9.17) is 5.73 Å². The van der Waals surface area contributed by atoms with Crippen molar-refractivity contribution < 1.29 is 14.4 Å². The quantitative estimate of drug-likeness (QED) is 0.0823. The Bertz CT molecular complexity index is 647. The van der Waals surface area contributed by atoms with Crippen LogP contribution in [0.3, 0.4) is 0 Å². The molecule has 0 unspecified atom stereocenters. The first-order chi connectivity index (χ1) is 20.1. The molecule has 2 atom stereocenters. The van der Waals surface area contributed by atoms with Crippen LogP contribution in [0.25, 0.3) is 0 Å². The number of unbranched alkanes of at least 4 members (excludes halogenated alkanes) is 12. The summed E-state index contributed by atoms with van der Waals surface area (Å²) in [6.45, 7) is 14.9. The van der Waals surface area contributed by atoms with Crippen LogP contribution in [0, 0.1) is 17.8 Å². The highest BCUT2D eigenvalue weighted by molar-refractivity contribution is 5.81. The average Bonchev–Trinajstić information content (AvgIpc) is 2.93. The topological polar surface area (TPSA) is 105 Å². The van der Waals surface area contributed by atoms with E-state index in [0.29, 0.717) is 57.3 Å². The molecular formula is C35H70N4O3. The van der Waals surface area contributed by atoms with E-state index in [2.05, 4.69) is 45.3 Å². The molecule has 0 heterocycles. The second kappa shape index (κ2) is 27.0. The second-order valence-corrected chi connectivity index (χ2v) is 13.4. The Kier molecular flexibility index (Phi) is 25.9. The Morgan fingerprint density at radius 1 is 0.595 bits per heavy atom. The van der Waals surface area contributed by atoms with Gasteiger partial charge in [-0.15, -0.1) is 0 Å². The number of carbonyl (C=O) groups is 3. The van der Waals surface area contributed by atoms with Crippen LogP contribution in [0.5, 0.6) is 0 Å². The molecule has 0 saturated carbocycles. The molecule has 0 saturated heterocycles. The minimum absolute atomic E-state index is 0.00367. The molecular weight excluding hydrogens is 524 g/mol. The zero-order valence-corrected chi connectivity index (χ0v) is 28.6. The zero-order valence-electron chi connectivity index (χ0n) is 28.6. The van der Waals surface area contributed by atoms with Crippen LogP contribution in [0.4, 0.5) is 0 Å². The van der Waals surface area contributed by atoms with Gasteiger partial charge in [0.15, 0.2) is 0 Å². The molecule has 7 heteroatoms. The Balaban J connectivity index is 4.39. The second-order valence-electron chi connectivity index (χ2n) is 13.4. The molecule has 3 amide bonds. The summed E-state index contributed by atoms with van der Waals surface area (Å²) in [6, 6.07) is -0.486. The third kappa shape index (κ3) is 23.9. The van der Waals surface area contributed by atoms with E-state index in [1.54, 1.807) is 0 Å². The molecule has 0 rings (SSSR count). The summed E-state index contributed by atoms with van der Waals surface area (Å²) in [4.78, 5) is 39.6. The Hall–Kier alpha value is -1.63. The number of nitrogens with one attached hydrogen (secondary N) is 2. The molecule has 0 aromatic rings. The molecule has 0 spiro atoms. The molecule has 0 aliphatic carbocycles. The van der Waals surface area contributed by atoms with Crippen LogP contribution in [0.1, 0.15) is 157 Å². The minimum atomic E-state index is -0.486. The van der Waals surface area contributed by atoms with Gasteiger partial charge in [0.2, 0.25) is 17.7 Å². The monoisotopic (exact) mass is 595 g/mol. The van der Waals surface area contributed by atoms with Gasteiger partial charge in [0.25, 0.3) is 0 Å². The van der Waals surface area contributed by atoms with Gasteiger partial charge in [0.1, 0.15) is 0 Å². The van der Waals surface area contributed by atoms with Crippen LogP contribution in [0.15, 0.2) is 0 Å². The maximum absolute atomic E-state index is 13.1. The molecule has 0 radical (unpaired) electrons. The smallest absolute Gasteiger partial charge is 0.236 e. The predicted octanol–water partition coefficient (Wildman–Crippen LogP) is 7.36. The lowest BCUT2D eigenvalue weighted by Gasteiger charge is -2.24. The zero-order chi connectivity index (χ0) is 31.6. The largest absolute Gasteiger partial charge is 0.356 e. The molecule has 0 aliphatic heterocycles. The fourth-order valence-electron chi connectivity index (χ4n) is 5.51. The van der Waals surface area contributed by atoms with Gasteiger partial charge in [-0.05, 0) is 43.9 Å². The Morgan fingerprint density at radius 3 is 1.48 bits per heavy atom. The predicted molar refractivity (Wildman–Crippen MR) is 178 cm³/mol. The highest BCUT2D eigenvalue weighted by Gasteiger charge is 2.17. The van der Waals surface area contributed by atoms with Gasteiger partial charge in [-0.3, -0.25) is 14.4 Å². The molecule has 0 aromatic heterocycles. The molecule has 0 bridgehead atoms. The summed E-state index contributed by atoms with van der Waals surface area (Å²) >= 11 is 0. The van der Waals surface area contributed by atoms with Gasteiger partial charge >= 0.3 is 0 Å². The van der Waals surface area contributed by atoms with Crippen molar-refractivity contribution in [1.82, 2.24) is 15.5 Å². The van der Waals surface area contributed by atoms with E-state index >= 15 is 0 Å². The highest BCUT2D eigenvalue weighted by atomic mass is 16.2. The van der Waals surface area contributed by atoms with Crippen LogP contribution in [0.2, 0.25) is 0 Å². The normalized spacial score (nSPS) is 12.9. The molecule has 0 aromatic carbocycles. The first-order valence-electron chi connectivity index (χ1n) is 17.7. The van der Waals surface area contributed by atoms with Crippen molar-refractivity contribution in [1.29, 1.82) is 0 Å². The van der Waals surface area contributed by atoms with Gasteiger partial charge in [-0.2, -0.15) is 0 Å². The maximum Gasteiger partial charge on any atom is 0.236 e. The summed E-state index contributed by atoms with van der Waals surface area (Å²) in [5, 5.41) is 5.97. The van der Waals surface area contributed by atoms with Crippen molar-refractivity contribution in [2.24, 2.45) is 23.5 Å². The van der Waals surface area contributed by atoms with Crippen LogP contribution in [-0.2, 0) is 14.4 Å². The molecule has 4 N–H and O–H groups in total. The lowest BCUT2D eigenvalue weighted by Crippen LogP contribution is -2.42. The minimum Gasteiger partial charge on any atom is -0.356 e. The van der Waals surface area contributed by atoms with Crippen molar-refractivity contribution in [2.75, 3.05) is 26.2 Å². The number of carbonyl (C=O) groups excluding carboxylic acids is 3. The van der Waals surface area contributed by atoms with Gasteiger partial charge in [0.05, 0.1) is 6.04 Å². The third-order valence-corrected chi connectivity index (χ3v) is 7.99. The van der Waals surface area contributed by atoms with Crippen LogP contribution in [-0.4, -0.2) is 54.8 Å². The van der Waals surface area contributed by atoms with Crippen molar-refractivity contribution in [2.45, 2.75) is 163 Å². The van der Waals surface area contributed by atoms with Crippen molar-refractivity contribution in [3.8, 4) is 0 Å². The number of hydrogen-bond acceptors (Lipinski definition) is 4. The lowest BCUT2D eigenvalue weighted by molar-refractivity contribution is -0.131. The van der Waals surface area contributed by atoms with E-state index in [-0.39, 0.29) is 23.6 Å². The van der Waals surface area contributed by atoms with Gasteiger partial charge < -0.3 is 21.3 Å². The van der Waals surface area contributed by atoms with E-state index in [1.165, 1.54) is 70.6 Å². The molecule has 0 aliphatic rings. The van der Waals surface area contributed by atoms with Gasteiger partial charge in [0, 0.05) is 38.5 Å². The lowest BCUT2D eigenvalue weighted by atomic mass is 9.98. The average molecular weight is 595 g/mol. The fourth-order valence-corrected chi connectivity index (χ4v) is 5.51. The summed E-state index contributed by atoms with van der Waals surface area (Å²) in [7, 11) is 0. The van der Waals surface area contributed by atoms with Crippen molar-refractivity contribution >= 4 is 17.7 Å². The standard InChI is InChI=1S/C35H70N4O3/c1-7-8-9-10-11-12-13-14-15-16-17-18-19-22-33(40)39(25-20-23-37-34(41)31(6)27-29(2)3)26-21-24-38-35(42)32(36)28-30(4)5/h29-32H,7-28,36H2,1-6H3,(H,37,41)(H,38,42)/t31-,32-/m0/s1. The Labute approximate surface area is 260 Å². The third-order valence-electron chi connectivity index (χ3n) is 7.99. The number of nitrogens with zero attached hydrogens (tertiary/aromatic N) is 1. The van der Waals surface area contributed by atoms with Crippen molar-refractivity contribution in [3.63, 3.8) is 0 Å². The Morgan fingerprint density at radius 2 is 1.02 bits per heavy atom. The summed E-state index contributed by atoms with van der Waals surface area (Å²) in [5.41, 5.74) is 5.99. The van der Waals surface area contributed by atoms with Crippen molar-refractivity contribution in [3.05, 3.63) is 0 Å². The number of rotatable bonds is 28. The number of amides is 3.